The second-order valence-corrected chi connectivity index (χ2v) is 3.56. The number of hydrogen-bond acceptors (Lipinski definition) is 4. The number of carbonyl (C=O) groups is 1. The Kier molecular flexibility index (Phi) is 4.27. The number of amides is 1. The molecule has 1 atom stereocenters. The molecule has 0 aliphatic carbocycles. The van der Waals surface area contributed by atoms with Crippen LogP contribution in [0.25, 0.3) is 0 Å². The molecule has 16 heavy (non-hydrogen) atoms. The van der Waals surface area contributed by atoms with Gasteiger partial charge in [-0.2, -0.15) is 4.21 Å². The fourth-order valence-corrected chi connectivity index (χ4v) is 1.31. The summed E-state index contributed by atoms with van der Waals surface area (Å²) in [6.07, 6.45) is 0.340. The van der Waals surface area contributed by atoms with Crippen LogP contribution in [-0.4, -0.2) is 14.7 Å². The van der Waals surface area contributed by atoms with Gasteiger partial charge in [-0.05, 0) is 12.1 Å². The zero-order valence-corrected chi connectivity index (χ0v) is 9.41. The number of hydrogen-bond donors (Lipinski definition) is 3. The van der Waals surface area contributed by atoms with Crippen molar-refractivity contribution < 1.29 is 17.7 Å². The molecule has 0 saturated carbocycles. The first-order valence-corrected chi connectivity index (χ1v) is 5.54. The van der Waals surface area contributed by atoms with Crippen LogP contribution in [0.2, 0.25) is 0 Å². The molecule has 0 radical (unpaired) electrons. The van der Waals surface area contributed by atoms with Gasteiger partial charge in [0.05, 0.1) is 5.69 Å². The average Bonchev–Trinajstić information content (AvgIpc) is 2.22. The molecular formula is C9H12N2O4S. The largest absolute Gasteiger partial charge is 0.396 e. The van der Waals surface area contributed by atoms with Crippen LogP contribution in [0.3, 0.4) is 0 Å². The standard InChI is InChI=1S/C9H12N2O4S/c1-2-9(12)11-6-3-4-7(10)8(5-6)15-16(13)14/h3-5H,2,10H2,1H3,(H,11,12)(H,13,14). The van der Waals surface area contributed by atoms with Crippen molar-refractivity contribution in [2.75, 3.05) is 11.1 Å². The van der Waals surface area contributed by atoms with E-state index >= 15 is 0 Å². The van der Waals surface area contributed by atoms with Gasteiger partial charge >= 0.3 is 11.4 Å². The zero-order valence-electron chi connectivity index (χ0n) is 8.60. The Labute approximate surface area is 95.3 Å². The maximum absolute atomic E-state index is 11.1. The predicted octanol–water partition coefficient (Wildman–Crippen LogP) is 1.13. The topological polar surface area (TPSA) is 102 Å². The van der Waals surface area contributed by atoms with Crippen molar-refractivity contribution in [3.05, 3.63) is 18.2 Å². The van der Waals surface area contributed by atoms with E-state index in [1.807, 2.05) is 0 Å². The fourth-order valence-electron chi connectivity index (χ4n) is 1.01. The second-order valence-electron chi connectivity index (χ2n) is 2.95. The highest BCUT2D eigenvalue weighted by Gasteiger charge is 2.07. The highest BCUT2D eigenvalue weighted by Crippen LogP contribution is 2.26. The molecule has 4 N–H and O–H groups in total. The van der Waals surface area contributed by atoms with Crippen LogP contribution >= 0.6 is 0 Å². The van der Waals surface area contributed by atoms with Crippen molar-refractivity contribution in [2.45, 2.75) is 13.3 Å². The van der Waals surface area contributed by atoms with E-state index in [2.05, 4.69) is 9.50 Å². The molecule has 0 bridgehead atoms. The molecule has 1 aromatic rings. The Balaban J connectivity index is 2.88. The molecule has 0 aromatic heterocycles. The first-order chi connectivity index (χ1) is 7.52. The van der Waals surface area contributed by atoms with Crippen molar-refractivity contribution >= 4 is 28.6 Å². The van der Waals surface area contributed by atoms with Gasteiger partial charge in [-0.1, -0.05) is 6.92 Å². The smallest absolute Gasteiger partial charge is 0.357 e. The second kappa shape index (κ2) is 5.47. The summed E-state index contributed by atoms with van der Waals surface area (Å²) in [5.41, 5.74) is 6.20. The van der Waals surface area contributed by atoms with E-state index < -0.39 is 11.4 Å². The Morgan fingerprint density at radius 2 is 2.31 bits per heavy atom. The Morgan fingerprint density at radius 3 is 2.88 bits per heavy atom. The fraction of sp³-hybridized carbons (Fsp3) is 0.222. The summed E-state index contributed by atoms with van der Waals surface area (Å²) >= 11 is -2.44. The van der Waals surface area contributed by atoms with Crippen LogP contribution in [0.5, 0.6) is 5.75 Å². The summed E-state index contributed by atoms with van der Waals surface area (Å²) < 4.78 is 23.6. The van der Waals surface area contributed by atoms with Crippen molar-refractivity contribution in [3.63, 3.8) is 0 Å². The van der Waals surface area contributed by atoms with Gasteiger partial charge in [-0.3, -0.25) is 9.35 Å². The molecule has 88 valence electrons. The number of nitrogen functional groups attached to an aromatic ring is 1. The third-order valence-electron chi connectivity index (χ3n) is 1.78. The molecule has 6 nitrogen and oxygen atoms in total. The lowest BCUT2D eigenvalue weighted by molar-refractivity contribution is -0.115. The highest BCUT2D eigenvalue weighted by molar-refractivity contribution is 7.74. The average molecular weight is 244 g/mol. The third-order valence-corrected chi connectivity index (χ3v) is 2.10. The van der Waals surface area contributed by atoms with Crippen molar-refractivity contribution in [1.29, 1.82) is 0 Å². The minimum atomic E-state index is -2.44. The van der Waals surface area contributed by atoms with Crippen LogP contribution in [0.1, 0.15) is 13.3 Å². The summed E-state index contributed by atoms with van der Waals surface area (Å²) in [5, 5.41) is 2.58. The Hall–Kier alpha value is -1.60. The lowest BCUT2D eigenvalue weighted by Crippen LogP contribution is -2.10. The lowest BCUT2D eigenvalue weighted by Gasteiger charge is -2.08. The van der Waals surface area contributed by atoms with E-state index in [-0.39, 0.29) is 17.3 Å². The maximum Gasteiger partial charge on any atom is 0.357 e. The monoisotopic (exact) mass is 244 g/mol. The van der Waals surface area contributed by atoms with Gasteiger partial charge in [0.2, 0.25) is 5.91 Å². The molecule has 1 aromatic carbocycles. The van der Waals surface area contributed by atoms with Crippen LogP contribution < -0.4 is 15.2 Å². The molecule has 0 aliphatic heterocycles. The molecule has 0 saturated heterocycles. The first kappa shape index (κ1) is 12.5. The summed E-state index contributed by atoms with van der Waals surface area (Å²) in [7, 11) is 0. The first-order valence-electron chi connectivity index (χ1n) is 4.51. The molecule has 0 heterocycles. The van der Waals surface area contributed by atoms with Gasteiger partial charge in [0.15, 0.2) is 5.75 Å². The van der Waals surface area contributed by atoms with Gasteiger partial charge in [-0.25, -0.2) is 0 Å². The molecule has 7 heteroatoms. The normalized spacial score (nSPS) is 11.9. The van der Waals surface area contributed by atoms with E-state index in [4.69, 9.17) is 10.3 Å². The van der Waals surface area contributed by atoms with Crippen LogP contribution in [-0.2, 0) is 16.2 Å². The summed E-state index contributed by atoms with van der Waals surface area (Å²) in [5.74, 6) is -0.115. The molecule has 0 spiro atoms. The number of benzene rings is 1. The van der Waals surface area contributed by atoms with E-state index in [0.717, 1.165) is 0 Å². The number of anilines is 2. The van der Waals surface area contributed by atoms with E-state index in [0.29, 0.717) is 12.1 Å². The van der Waals surface area contributed by atoms with E-state index in [1.54, 1.807) is 13.0 Å². The predicted molar refractivity (Wildman–Crippen MR) is 61.2 cm³/mol. The summed E-state index contributed by atoms with van der Waals surface area (Å²) in [6.45, 7) is 1.72. The van der Waals surface area contributed by atoms with E-state index in [9.17, 15) is 9.00 Å². The van der Waals surface area contributed by atoms with Crippen molar-refractivity contribution in [2.24, 2.45) is 0 Å². The number of nitrogens with two attached hydrogens (primary N) is 1. The molecule has 0 fully saturated rings. The van der Waals surface area contributed by atoms with Crippen LogP contribution in [0, 0.1) is 0 Å². The Bertz CT molecular complexity index is 422. The lowest BCUT2D eigenvalue weighted by atomic mass is 10.2. The van der Waals surface area contributed by atoms with E-state index in [1.165, 1.54) is 12.1 Å². The van der Waals surface area contributed by atoms with Crippen molar-refractivity contribution in [3.8, 4) is 5.75 Å². The molecule has 1 amide bonds. The SMILES string of the molecule is CCC(=O)Nc1ccc(N)c(OS(=O)O)c1. The zero-order chi connectivity index (χ0) is 12.1. The van der Waals surface area contributed by atoms with Gasteiger partial charge in [0.1, 0.15) is 0 Å². The highest BCUT2D eigenvalue weighted by atomic mass is 32.2. The van der Waals surface area contributed by atoms with Crippen LogP contribution in [0.4, 0.5) is 11.4 Å². The third kappa shape index (κ3) is 3.52. The quantitative estimate of drug-likeness (QED) is 0.544. The van der Waals surface area contributed by atoms with Gasteiger partial charge < -0.3 is 15.2 Å². The molecule has 0 aliphatic rings. The van der Waals surface area contributed by atoms with Crippen LogP contribution in [0.15, 0.2) is 18.2 Å². The van der Waals surface area contributed by atoms with Gasteiger partial charge in [-0.15, -0.1) is 0 Å². The summed E-state index contributed by atoms with van der Waals surface area (Å²) in [6, 6.07) is 4.44. The maximum atomic E-state index is 11.1. The minimum Gasteiger partial charge on any atom is -0.396 e. The minimum absolute atomic E-state index is 0.0507. The van der Waals surface area contributed by atoms with Gasteiger partial charge in [0.25, 0.3) is 0 Å². The molecule has 1 rings (SSSR count). The number of rotatable bonds is 4. The number of carbonyl (C=O) groups excluding carboxylic acids is 1. The van der Waals surface area contributed by atoms with Crippen molar-refractivity contribution in [1.82, 2.24) is 0 Å². The molecular weight excluding hydrogens is 232 g/mol. The number of nitrogens with one attached hydrogen (secondary N) is 1. The summed E-state index contributed by atoms with van der Waals surface area (Å²) in [4.78, 5) is 11.1. The Morgan fingerprint density at radius 1 is 1.62 bits per heavy atom. The van der Waals surface area contributed by atoms with Gasteiger partial charge in [0, 0.05) is 18.2 Å². The molecule has 1 unspecified atom stereocenters.